The lowest BCUT2D eigenvalue weighted by Gasteiger charge is -2.14. The molecular weight excluding hydrogens is 479 g/mol. The number of aromatic nitrogens is 2. The summed E-state index contributed by atoms with van der Waals surface area (Å²) in [4.78, 5) is 16.5. The number of carbonyl (C=O) groups is 1. The normalized spacial score (nSPS) is 11.9. The molecule has 4 rings (SSSR count). The molecule has 0 fully saturated rings. The van der Waals surface area contributed by atoms with Crippen LogP contribution in [0.1, 0.15) is 26.0 Å². The first-order valence-corrected chi connectivity index (χ1v) is 11.4. The lowest BCUT2D eigenvalue weighted by atomic mass is 10.0. The number of rotatable bonds is 8. The Morgan fingerprint density at radius 2 is 1.88 bits per heavy atom. The maximum Gasteiger partial charge on any atom is 0.346 e. The van der Waals surface area contributed by atoms with Gasteiger partial charge in [-0.1, -0.05) is 41.7 Å². The highest BCUT2D eigenvalue weighted by Crippen LogP contribution is 2.37. The summed E-state index contributed by atoms with van der Waals surface area (Å²) < 4.78 is 21.9. The summed E-state index contributed by atoms with van der Waals surface area (Å²) in [6.45, 7) is 3.66. The minimum atomic E-state index is -0.829. The maximum absolute atomic E-state index is 11.8. The number of ether oxygens (including phenoxy) is 3. The molecule has 34 heavy (non-hydrogen) atoms. The van der Waals surface area contributed by atoms with Gasteiger partial charge in [0, 0.05) is 22.7 Å². The van der Waals surface area contributed by atoms with Crippen LogP contribution in [-0.2, 0) is 16.0 Å². The van der Waals surface area contributed by atoms with Crippen molar-refractivity contribution >= 4 is 40.1 Å². The molecule has 176 valence electrons. The van der Waals surface area contributed by atoms with E-state index in [1.165, 1.54) is 7.11 Å². The third-order valence-corrected chi connectivity index (χ3v) is 5.64. The summed E-state index contributed by atoms with van der Waals surface area (Å²) in [6.07, 6.45) is 0.749. The van der Waals surface area contributed by atoms with E-state index in [1.807, 2.05) is 6.07 Å². The Bertz CT molecular complexity index is 1320. The molecule has 0 saturated heterocycles. The number of hydrogen-bond acceptors (Lipinski definition) is 7. The van der Waals surface area contributed by atoms with Gasteiger partial charge in [-0.2, -0.15) is 0 Å². The van der Waals surface area contributed by atoms with Crippen LogP contribution in [-0.4, -0.2) is 29.3 Å². The summed E-state index contributed by atoms with van der Waals surface area (Å²) in [5.74, 6) is 0.910. The zero-order valence-corrected chi connectivity index (χ0v) is 20.3. The van der Waals surface area contributed by atoms with E-state index in [-0.39, 0.29) is 0 Å². The van der Waals surface area contributed by atoms with Crippen LogP contribution in [0.3, 0.4) is 0 Å². The molecule has 0 spiro atoms. The molecule has 0 saturated carbocycles. The molecule has 9 heteroatoms. The number of methoxy groups -OCH3 is 1. The van der Waals surface area contributed by atoms with Crippen molar-refractivity contribution in [3.8, 4) is 28.6 Å². The standard InChI is InChI=1S/C25H22Cl2N2O5/c1-4-5-20-17(10-11-23(28-20)33-16-8-6-15(26)7-9-16)24-18-12-22(32-14(2)25(30)31-3)19(27)13-21(18)34-29-24/h6-14H,4-5H2,1-3H3/t14-/m0/s1. The summed E-state index contributed by atoms with van der Waals surface area (Å²) in [6, 6.07) is 14.1. The molecular formula is C25H22Cl2N2O5. The SMILES string of the molecule is CCCc1nc(Oc2ccc(Cl)cc2)ccc1-c1noc2cc(Cl)c(O[C@@H](C)C(=O)OC)cc12. The summed E-state index contributed by atoms with van der Waals surface area (Å²) >= 11 is 12.3. The molecule has 0 amide bonds. The van der Waals surface area contributed by atoms with Gasteiger partial charge in [0.25, 0.3) is 0 Å². The van der Waals surface area contributed by atoms with Crippen LogP contribution >= 0.6 is 23.2 Å². The second kappa shape index (κ2) is 10.3. The predicted octanol–water partition coefficient (Wildman–Crippen LogP) is 6.88. The Kier molecular flexibility index (Phi) is 7.24. The molecule has 0 bridgehead atoms. The fourth-order valence-electron chi connectivity index (χ4n) is 3.43. The second-order valence-corrected chi connectivity index (χ2v) is 8.39. The number of hydrogen-bond donors (Lipinski definition) is 0. The van der Waals surface area contributed by atoms with Crippen molar-refractivity contribution in [2.24, 2.45) is 0 Å². The van der Waals surface area contributed by atoms with Crippen molar-refractivity contribution in [3.05, 3.63) is 64.3 Å². The third-order valence-electron chi connectivity index (χ3n) is 5.09. The Morgan fingerprint density at radius 3 is 2.59 bits per heavy atom. The van der Waals surface area contributed by atoms with Gasteiger partial charge in [-0.05, 0) is 49.7 Å². The van der Waals surface area contributed by atoms with Crippen molar-refractivity contribution in [2.45, 2.75) is 32.8 Å². The molecule has 7 nitrogen and oxygen atoms in total. The molecule has 0 aliphatic heterocycles. The number of aryl methyl sites for hydroxylation is 1. The smallest absolute Gasteiger partial charge is 0.346 e. The summed E-state index contributed by atoms with van der Waals surface area (Å²) in [5.41, 5.74) is 2.70. The molecule has 0 aliphatic rings. The molecule has 2 heterocycles. The zero-order valence-electron chi connectivity index (χ0n) is 18.8. The molecule has 0 aliphatic carbocycles. The van der Waals surface area contributed by atoms with E-state index >= 15 is 0 Å². The minimum Gasteiger partial charge on any atom is -0.477 e. The van der Waals surface area contributed by atoms with E-state index in [0.29, 0.717) is 50.5 Å². The van der Waals surface area contributed by atoms with E-state index in [2.05, 4.69) is 12.1 Å². The highest BCUT2D eigenvalue weighted by atomic mass is 35.5. The number of pyridine rings is 1. The molecule has 4 aromatic rings. The molecule has 1 atom stereocenters. The number of benzene rings is 2. The van der Waals surface area contributed by atoms with Gasteiger partial charge in [0.1, 0.15) is 17.2 Å². The maximum atomic E-state index is 11.8. The topological polar surface area (TPSA) is 83.7 Å². The molecule has 0 N–H and O–H groups in total. The van der Waals surface area contributed by atoms with Gasteiger partial charge in [0.2, 0.25) is 5.88 Å². The van der Waals surface area contributed by atoms with E-state index in [1.54, 1.807) is 49.4 Å². The molecule has 0 radical (unpaired) electrons. The third kappa shape index (κ3) is 5.11. The Labute approximate surface area is 206 Å². The Balaban J connectivity index is 1.71. The van der Waals surface area contributed by atoms with Gasteiger partial charge >= 0.3 is 5.97 Å². The van der Waals surface area contributed by atoms with Crippen molar-refractivity contribution < 1.29 is 23.5 Å². The predicted molar refractivity (Wildman–Crippen MR) is 130 cm³/mol. The highest BCUT2D eigenvalue weighted by molar-refractivity contribution is 6.33. The first kappa shape index (κ1) is 23.9. The van der Waals surface area contributed by atoms with Crippen molar-refractivity contribution in [1.29, 1.82) is 0 Å². The Hall–Kier alpha value is -3.29. The monoisotopic (exact) mass is 500 g/mol. The van der Waals surface area contributed by atoms with Crippen LogP contribution in [0.4, 0.5) is 0 Å². The number of fused-ring (bicyclic) bond motifs is 1. The average molecular weight is 501 g/mol. The van der Waals surface area contributed by atoms with Gasteiger partial charge in [0.05, 0.1) is 23.2 Å². The summed E-state index contributed by atoms with van der Waals surface area (Å²) in [7, 11) is 1.30. The first-order valence-electron chi connectivity index (χ1n) is 10.7. The van der Waals surface area contributed by atoms with Crippen LogP contribution in [0.5, 0.6) is 17.4 Å². The van der Waals surface area contributed by atoms with Crippen molar-refractivity contribution in [3.63, 3.8) is 0 Å². The summed E-state index contributed by atoms with van der Waals surface area (Å²) in [5, 5.41) is 5.88. The van der Waals surface area contributed by atoms with E-state index in [0.717, 1.165) is 17.7 Å². The number of halogens is 2. The first-order chi connectivity index (χ1) is 16.4. The largest absolute Gasteiger partial charge is 0.477 e. The van der Waals surface area contributed by atoms with Crippen LogP contribution in [0.25, 0.3) is 22.2 Å². The van der Waals surface area contributed by atoms with Gasteiger partial charge < -0.3 is 18.7 Å². The lowest BCUT2D eigenvalue weighted by Crippen LogP contribution is -2.25. The second-order valence-electron chi connectivity index (χ2n) is 7.54. The molecule has 2 aromatic heterocycles. The van der Waals surface area contributed by atoms with Gasteiger partial charge in [0.15, 0.2) is 11.7 Å². The van der Waals surface area contributed by atoms with E-state index in [4.69, 9.17) is 46.9 Å². The lowest BCUT2D eigenvalue weighted by molar-refractivity contribution is -0.147. The van der Waals surface area contributed by atoms with Gasteiger partial charge in [-0.15, -0.1) is 0 Å². The fourth-order valence-corrected chi connectivity index (χ4v) is 3.76. The number of nitrogens with zero attached hydrogens (tertiary/aromatic N) is 2. The quantitative estimate of drug-likeness (QED) is 0.243. The molecule has 0 unspecified atom stereocenters. The van der Waals surface area contributed by atoms with Gasteiger partial charge in [-0.3, -0.25) is 0 Å². The highest BCUT2D eigenvalue weighted by Gasteiger charge is 2.21. The van der Waals surface area contributed by atoms with Crippen LogP contribution in [0.2, 0.25) is 10.0 Å². The zero-order chi connectivity index (χ0) is 24.2. The van der Waals surface area contributed by atoms with E-state index in [9.17, 15) is 4.79 Å². The van der Waals surface area contributed by atoms with Crippen LogP contribution < -0.4 is 9.47 Å². The fraction of sp³-hybridized carbons (Fsp3) is 0.240. The van der Waals surface area contributed by atoms with E-state index < -0.39 is 12.1 Å². The number of carbonyl (C=O) groups excluding carboxylic acids is 1. The molecule has 2 aromatic carbocycles. The average Bonchev–Trinajstić information content (AvgIpc) is 3.23. The van der Waals surface area contributed by atoms with Crippen molar-refractivity contribution in [2.75, 3.05) is 7.11 Å². The van der Waals surface area contributed by atoms with Crippen LogP contribution in [0.15, 0.2) is 53.1 Å². The van der Waals surface area contributed by atoms with Gasteiger partial charge in [-0.25, -0.2) is 9.78 Å². The van der Waals surface area contributed by atoms with Crippen molar-refractivity contribution in [1.82, 2.24) is 10.1 Å². The van der Waals surface area contributed by atoms with Crippen LogP contribution in [0, 0.1) is 0 Å². The number of esters is 1. The Morgan fingerprint density at radius 1 is 1.12 bits per heavy atom. The minimum absolute atomic E-state index is 0.296.